The Morgan fingerprint density at radius 1 is 1.58 bits per heavy atom. The van der Waals surface area contributed by atoms with Crippen LogP contribution in [0.1, 0.15) is 25.8 Å². The van der Waals surface area contributed by atoms with Crippen LogP contribution >= 0.6 is 11.6 Å². The van der Waals surface area contributed by atoms with Crippen LogP contribution in [0.5, 0.6) is 5.75 Å². The highest BCUT2D eigenvalue weighted by Crippen LogP contribution is 2.31. The Hall–Kier alpha value is -1.26. The first-order valence-electron chi connectivity index (χ1n) is 6.34. The summed E-state index contributed by atoms with van der Waals surface area (Å²) < 4.78 is 5.82. The molecule has 0 radical (unpaired) electrons. The lowest BCUT2D eigenvalue weighted by atomic mass is 9.99. The molecule has 1 amide bonds. The van der Waals surface area contributed by atoms with Crippen LogP contribution in [0.4, 0.5) is 0 Å². The van der Waals surface area contributed by atoms with Crippen LogP contribution in [0.15, 0.2) is 18.2 Å². The number of nitrogens with one attached hydrogen (secondary N) is 1. The lowest BCUT2D eigenvalue weighted by Gasteiger charge is -2.26. The van der Waals surface area contributed by atoms with Crippen molar-refractivity contribution in [2.24, 2.45) is 5.73 Å². The van der Waals surface area contributed by atoms with E-state index in [1.54, 1.807) is 0 Å². The largest absolute Gasteiger partial charge is 0.488 e. The molecule has 4 nitrogen and oxygen atoms in total. The number of carbonyl (C=O) groups is 1. The van der Waals surface area contributed by atoms with Gasteiger partial charge in [0.25, 0.3) is 0 Å². The van der Waals surface area contributed by atoms with Crippen molar-refractivity contribution in [2.45, 2.75) is 38.3 Å². The lowest BCUT2D eigenvalue weighted by Crippen LogP contribution is -2.46. The van der Waals surface area contributed by atoms with Crippen LogP contribution in [-0.2, 0) is 11.2 Å². The molecule has 3 N–H and O–H groups in total. The molecule has 0 saturated heterocycles. The van der Waals surface area contributed by atoms with Gasteiger partial charge in [0.15, 0.2) is 0 Å². The summed E-state index contributed by atoms with van der Waals surface area (Å²) in [5.74, 6) is 0.587. The Bertz CT molecular complexity index is 488. The molecule has 19 heavy (non-hydrogen) atoms. The topological polar surface area (TPSA) is 64.4 Å². The fourth-order valence-electron chi connectivity index (χ4n) is 2.29. The summed E-state index contributed by atoms with van der Waals surface area (Å²) in [5.41, 5.74) is 6.04. The van der Waals surface area contributed by atoms with Gasteiger partial charge in [-0.1, -0.05) is 11.6 Å². The zero-order valence-corrected chi connectivity index (χ0v) is 12.0. The summed E-state index contributed by atoms with van der Waals surface area (Å²) in [4.78, 5) is 11.0. The Labute approximate surface area is 118 Å². The monoisotopic (exact) mass is 282 g/mol. The van der Waals surface area contributed by atoms with Gasteiger partial charge in [0.1, 0.15) is 11.9 Å². The fraction of sp³-hybridized carbons (Fsp3) is 0.500. The van der Waals surface area contributed by atoms with Gasteiger partial charge in [-0.2, -0.15) is 0 Å². The molecule has 0 aliphatic carbocycles. The van der Waals surface area contributed by atoms with E-state index in [1.165, 1.54) is 0 Å². The number of halogens is 1. The van der Waals surface area contributed by atoms with Crippen LogP contribution in [-0.4, -0.2) is 24.1 Å². The van der Waals surface area contributed by atoms with Crippen LogP contribution in [0.2, 0.25) is 5.02 Å². The molecule has 1 unspecified atom stereocenters. The van der Waals surface area contributed by atoms with E-state index in [1.807, 2.05) is 32.0 Å². The summed E-state index contributed by atoms with van der Waals surface area (Å²) in [6.45, 7) is 4.58. The van der Waals surface area contributed by atoms with E-state index < -0.39 is 0 Å². The maximum Gasteiger partial charge on any atom is 0.219 e. The van der Waals surface area contributed by atoms with E-state index >= 15 is 0 Å². The average molecular weight is 283 g/mol. The van der Waals surface area contributed by atoms with Gasteiger partial charge in [-0.3, -0.25) is 4.79 Å². The summed E-state index contributed by atoms with van der Waals surface area (Å²) in [7, 11) is 0. The number of hydrogen-bond donors (Lipinski definition) is 2. The van der Waals surface area contributed by atoms with Gasteiger partial charge >= 0.3 is 0 Å². The summed E-state index contributed by atoms with van der Waals surface area (Å²) in [6, 6.07) is 5.66. The van der Waals surface area contributed by atoms with E-state index in [-0.39, 0.29) is 17.6 Å². The Balaban J connectivity index is 1.89. The van der Waals surface area contributed by atoms with Crippen molar-refractivity contribution in [3.05, 3.63) is 28.8 Å². The smallest absolute Gasteiger partial charge is 0.219 e. The summed E-state index contributed by atoms with van der Waals surface area (Å²) in [6.07, 6.45) is 1.20. The van der Waals surface area contributed by atoms with E-state index in [4.69, 9.17) is 22.1 Å². The molecule has 1 aliphatic heterocycles. The minimum Gasteiger partial charge on any atom is -0.488 e. The molecule has 0 spiro atoms. The minimum atomic E-state index is -0.318. The highest BCUT2D eigenvalue weighted by molar-refractivity contribution is 6.30. The average Bonchev–Trinajstić information content (AvgIpc) is 2.66. The number of benzene rings is 1. The van der Waals surface area contributed by atoms with Gasteiger partial charge in [0.05, 0.1) is 0 Å². The molecule has 2 rings (SSSR count). The first-order chi connectivity index (χ1) is 8.85. The van der Waals surface area contributed by atoms with Gasteiger partial charge in [0, 0.05) is 29.9 Å². The van der Waals surface area contributed by atoms with Crippen molar-refractivity contribution >= 4 is 17.5 Å². The molecule has 1 heterocycles. The van der Waals surface area contributed by atoms with Gasteiger partial charge < -0.3 is 15.8 Å². The number of fused-ring (bicyclic) bond motifs is 1. The van der Waals surface area contributed by atoms with Crippen LogP contribution in [0.3, 0.4) is 0 Å². The normalized spacial score (nSPS) is 17.9. The zero-order chi connectivity index (χ0) is 14.0. The molecule has 5 heteroatoms. The molecular formula is C14H19ClN2O2. The van der Waals surface area contributed by atoms with Crippen molar-refractivity contribution in [3.8, 4) is 5.75 Å². The molecule has 1 atom stereocenters. The number of amides is 1. The van der Waals surface area contributed by atoms with E-state index in [2.05, 4.69) is 5.32 Å². The van der Waals surface area contributed by atoms with Crippen LogP contribution < -0.4 is 15.8 Å². The summed E-state index contributed by atoms with van der Waals surface area (Å²) >= 11 is 5.96. The predicted molar refractivity (Wildman–Crippen MR) is 75.5 cm³/mol. The zero-order valence-electron chi connectivity index (χ0n) is 11.2. The predicted octanol–water partition coefficient (Wildman–Crippen LogP) is 1.89. The van der Waals surface area contributed by atoms with E-state index in [0.717, 1.165) is 22.8 Å². The van der Waals surface area contributed by atoms with Gasteiger partial charge in [-0.15, -0.1) is 0 Å². The number of hydrogen-bond acceptors (Lipinski definition) is 3. The number of rotatable bonds is 5. The minimum absolute atomic E-state index is 0.0700. The van der Waals surface area contributed by atoms with Gasteiger partial charge in [-0.25, -0.2) is 0 Å². The Kier molecular flexibility index (Phi) is 4.02. The molecule has 1 aromatic rings. The van der Waals surface area contributed by atoms with E-state index in [9.17, 15) is 4.79 Å². The second kappa shape index (κ2) is 5.39. The van der Waals surface area contributed by atoms with Crippen molar-refractivity contribution in [1.29, 1.82) is 0 Å². The summed E-state index contributed by atoms with van der Waals surface area (Å²) in [5, 5.41) is 4.05. The molecule has 0 fully saturated rings. The quantitative estimate of drug-likeness (QED) is 0.867. The number of nitrogens with two attached hydrogens (primary N) is 1. The van der Waals surface area contributed by atoms with Crippen molar-refractivity contribution in [2.75, 3.05) is 6.54 Å². The second-order valence-corrected chi connectivity index (χ2v) is 6.04. The maximum absolute atomic E-state index is 11.0. The van der Waals surface area contributed by atoms with Crippen LogP contribution in [0.25, 0.3) is 0 Å². The first-order valence-corrected chi connectivity index (χ1v) is 6.72. The first kappa shape index (κ1) is 14.2. The van der Waals surface area contributed by atoms with Crippen molar-refractivity contribution in [3.63, 3.8) is 0 Å². The van der Waals surface area contributed by atoms with Crippen LogP contribution in [0, 0.1) is 0 Å². The third-order valence-electron chi connectivity index (χ3n) is 3.19. The molecule has 0 aromatic heterocycles. The van der Waals surface area contributed by atoms with Crippen molar-refractivity contribution in [1.82, 2.24) is 5.32 Å². The number of primary amides is 1. The fourth-order valence-corrected chi connectivity index (χ4v) is 2.49. The third kappa shape index (κ3) is 3.85. The standard InChI is InChI=1S/C14H19ClN2O2/c1-14(2,7-13(16)18)17-8-11-6-9-5-10(15)3-4-12(9)19-11/h3-5,11,17H,6-8H2,1-2H3,(H2,16,18). The molecule has 1 aromatic carbocycles. The molecule has 0 bridgehead atoms. The molecule has 104 valence electrons. The highest BCUT2D eigenvalue weighted by Gasteiger charge is 2.26. The second-order valence-electron chi connectivity index (χ2n) is 5.60. The van der Waals surface area contributed by atoms with Gasteiger partial charge in [0.2, 0.25) is 5.91 Å². The van der Waals surface area contributed by atoms with Crippen molar-refractivity contribution < 1.29 is 9.53 Å². The van der Waals surface area contributed by atoms with Gasteiger partial charge in [-0.05, 0) is 37.6 Å². The molecular weight excluding hydrogens is 264 g/mol. The highest BCUT2D eigenvalue weighted by atomic mass is 35.5. The lowest BCUT2D eigenvalue weighted by molar-refractivity contribution is -0.119. The Morgan fingerprint density at radius 3 is 3.00 bits per heavy atom. The molecule has 1 aliphatic rings. The van der Waals surface area contributed by atoms with E-state index in [0.29, 0.717) is 13.0 Å². The number of carbonyl (C=O) groups excluding carboxylic acids is 1. The number of ether oxygens (including phenoxy) is 1. The Morgan fingerprint density at radius 2 is 2.32 bits per heavy atom. The molecule has 0 saturated carbocycles. The third-order valence-corrected chi connectivity index (χ3v) is 3.42. The maximum atomic E-state index is 11.0. The SMILES string of the molecule is CC(C)(CC(N)=O)NCC1Cc2cc(Cl)ccc2O1.